The Morgan fingerprint density at radius 2 is 1.92 bits per heavy atom. The zero-order chi connectivity index (χ0) is 18.8. The van der Waals surface area contributed by atoms with E-state index in [2.05, 4.69) is 10.3 Å². The van der Waals surface area contributed by atoms with Gasteiger partial charge in [-0.05, 0) is 24.3 Å². The van der Waals surface area contributed by atoms with Crippen molar-refractivity contribution in [3.8, 4) is 5.75 Å². The summed E-state index contributed by atoms with van der Waals surface area (Å²) in [7, 11) is 0.579. The molecule has 0 unspecified atom stereocenters. The average molecular weight is 404 g/mol. The summed E-state index contributed by atoms with van der Waals surface area (Å²) >= 11 is 11.6. The highest BCUT2D eigenvalue weighted by Gasteiger charge is 2.20. The van der Waals surface area contributed by atoms with Gasteiger partial charge in [0.15, 0.2) is 0 Å². The fraction of sp³-hybridized carbons (Fsp3) is 0.200. The largest absolute Gasteiger partial charge is 0.495 e. The van der Waals surface area contributed by atoms with Crippen LogP contribution >= 0.6 is 23.2 Å². The standard InChI is InChI=1S/C15H15Cl2N3O4S/c1-20(2)25(22,23)10-4-5-13(24-3)12(7-10)19-15(21)9-6-11(16)14(17)18-8-9/h4-8H,1-3H3,(H,19,21). The fourth-order valence-electron chi connectivity index (χ4n) is 1.90. The summed E-state index contributed by atoms with van der Waals surface area (Å²) in [5, 5.41) is 2.80. The van der Waals surface area contributed by atoms with Crippen molar-refractivity contribution in [2.45, 2.75) is 4.90 Å². The quantitative estimate of drug-likeness (QED) is 0.775. The van der Waals surface area contributed by atoms with E-state index in [1.807, 2.05) is 0 Å². The molecule has 0 atom stereocenters. The molecule has 10 heteroatoms. The van der Waals surface area contributed by atoms with Gasteiger partial charge in [0.1, 0.15) is 10.9 Å². The molecule has 7 nitrogen and oxygen atoms in total. The molecule has 1 heterocycles. The lowest BCUT2D eigenvalue weighted by atomic mass is 10.2. The molecule has 25 heavy (non-hydrogen) atoms. The second kappa shape index (κ2) is 7.57. The zero-order valence-corrected chi connectivity index (χ0v) is 15.9. The van der Waals surface area contributed by atoms with Gasteiger partial charge in [0.2, 0.25) is 10.0 Å². The smallest absolute Gasteiger partial charge is 0.257 e. The minimum Gasteiger partial charge on any atom is -0.495 e. The van der Waals surface area contributed by atoms with Gasteiger partial charge >= 0.3 is 0 Å². The summed E-state index contributed by atoms with van der Waals surface area (Å²) in [6.45, 7) is 0. The van der Waals surface area contributed by atoms with Gasteiger partial charge in [-0.1, -0.05) is 23.2 Å². The highest BCUT2D eigenvalue weighted by atomic mass is 35.5. The van der Waals surface area contributed by atoms with E-state index >= 15 is 0 Å². The Labute approximate surface area is 155 Å². The first-order valence-corrected chi connectivity index (χ1v) is 9.09. The van der Waals surface area contributed by atoms with Gasteiger partial charge in [0, 0.05) is 20.3 Å². The third-order valence-corrected chi connectivity index (χ3v) is 5.75. The van der Waals surface area contributed by atoms with Crippen molar-refractivity contribution in [1.29, 1.82) is 0 Å². The molecule has 1 aromatic carbocycles. The Kier molecular flexibility index (Phi) is 5.89. The van der Waals surface area contributed by atoms with Crippen LogP contribution in [0.3, 0.4) is 0 Å². The summed E-state index contributed by atoms with van der Waals surface area (Å²) in [5.74, 6) is -0.233. The lowest BCUT2D eigenvalue weighted by Crippen LogP contribution is -2.22. The number of sulfonamides is 1. The molecule has 0 fully saturated rings. The predicted molar refractivity (Wildman–Crippen MR) is 96.1 cm³/mol. The Bertz CT molecular complexity index is 917. The highest BCUT2D eigenvalue weighted by Crippen LogP contribution is 2.29. The molecule has 0 radical (unpaired) electrons. The van der Waals surface area contributed by atoms with Crippen LogP contribution in [-0.4, -0.2) is 44.8 Å². The van der Waals surface area contributed by atoms with Crippen molar-refractivity contribution < 1.29 is 17.9 Å². The third kappa shape index (κ3) is 4.21. The van der Waals surface area contributed by atoms with Crippen LogP contribution in [0.5, 0.6) is 5.75 Å². The maximum absolute atomic E-state index is 12.4. The van der Waals surface area contributed by atoms with Crippen LogP contribution in [0.4, 0.5) is 5.69 Å². The molecule has 2 rings (SSSR count). The third-order valence-electron chi connectivity index (χ3n) is 3.26. The number of hydrogen-bond acceptors (Lipinski definition) is 5. The van der Waals surface area contributed by atoms with Crippen molar-refractivity contribution in [2.24, 2.45) is 0 Å². The Balaban J connectivity index is 2.40. The van der Waals surface area contributed by atoms with Gasteiger partial charge in [0.05, 0.1) is 28.3 Å². The number of aromatic nitrogens is 1. The van der Waals surface area contributed by atoms with E-state index in [-0.39, 0.29) is 26.3 Å². The second-order valence-electron chi connectivity index (χ2n) is 5.10. The number of halogens is 2. The first kappa shape index (κ1) is 19.5. The molecule has 1 amide bonds. The topological polar surface area (TPSA) is 88.6 Å². The number of nitrogens with one attached hydrogen (secondary N) is 1. The van der Waals surface area contributed by atoms with Crippen molar-refractivity contribution >= 4 is 44.8 Å². The lowest BCUT2D eigenvalue weighted by molar-refractivity contribution is 0.102. The van der Waals surface area contributed by atoms with Crippen molar-refractivity contribution in [3.05, 3.63) is 46.2 Å². The van der Waals surface area contributed by atoms with E-state index in [0.717, 1.165) is 4.31 Å². The predicted octanol–water partition coefficient (Wildman–Crippen LogP) is 2.90. The lowest BCUT2D eigenvalue weighted by Gasteiger charge is -2.15. The minimum atomic E-state index is -3.66. The summed E-state index contributed by atoms with van der Waals surface area (Å²) in [6, 6.07) is 5.53. The molecule has 0 spiro atoms. The zero-order valence-electron chi connectivity index (χ0n) is 13.6. The SMILES string of the molecule is COc1ccc(S(=O)(=O)N(C)C)cc1NC(=O)c1cnc(Cl)c(Cl)c1. The number of benzene rings is 1. The van der Waals surface area contributed by atoms with Crippen molar-refractivity contribution in [1.82, 2.24) is 9.29 Å². The van der Waals surface area contributed by atoms with Gasteiger partial charge in [0.25, 0.3) is 5.91 Å². The van der Waals surface area contributed by atoms with E-state index in [1.165, 1.54) is 51.7 Å². The van der Waals surface area contributed by atoms with E-state index < -0.39 is 15.9 Å². The molecule has 0 saturated heterocycles. The monoisotopic (exact) mass is 403 g/mol. The second-order valence-corrected chi connectivity index (χ2v) is 8.02. The Morgan fingerprint density at radius 3 is 2.48 bits per heavy atom. The normalized spacial score (nSPS) is 11.4. The number of carbonyl (C=O) groups excluding carboxylic acids is 1. The molecule has 0 aliphatic rings. The average Bonchev–Trinajstić information content (AvgIpc) is 2.57. The van der Waals surface area contributed by atoms with E-state index in [9.17, 15) is 13.2 Å². The summed E-state index contributed by atoms with van der Waals surface area (Å²) in [4.78, 5) is 16.2. The number of hydrogen-bond donors (Lipinski definition) is 1. The van der Waals surface area contributed by atoms with E-state index in [1.54, 1.807) is 0 Å². The maximum Gasteiger partial charge on any atom is 0.257 e. The molecule has 0 bridgehead atoms. The molecular weight excluding hydrogens is 389 g/mol. The molecule has 2 aromatic rings. The van der Waals surface area contributed by atoms with Crippen LogP contribution < -0.4 is 10.1 Å². The molecule has 1 N–H and O–H groups in total. The number of ether oxygens (including phenoxy) is 1. The molecule has 0 aliphatic heterocycles. The van der Waals surface area contributed by atoms with Crippen molar-refractivity contribution in [2.75, 3.05) is 26.5 Å². The first-order valence-electron chi connectivity index (χ1n) is 6.89. The number of anilines is 1. The summed E-state index contributed by atoms with van der Waals surface area (Å²) < 4.78 is 30.7. The number of carbonyl (C=O) groups is 1. The van der Waals surface area contributed by atoms with Gasteiger partial charge in [-0.2, -0.15) is 0 Å². The molecule has 134 valence electrons. The van der Waals surface area contributed by atoms with Crippen LogP contribution in [0.1, 0.15) is 10.4 Å². The van der Waals surface area contributed by atoms with Gasteiger partial charge in [-0.25, -0.2) is 17.7 Å². The van der Waals surface area contributed by atoms with Crippen LogP contribution in [0, 0.1) is 0 Å². The number of methoxy groups -OCH3 is 1. The Morgan fingerprint density at radius 1 is 1.24 bits per heavy atom. The number of amides is 1. The number of rotatable bonds is 5. The van der Waals surface area contributed by atoms with E-state index in [0.29, 0.717) is 5.75 Å². The van der Waals surface area contributed by atoms with Gasteiger partial charge < -0.3 is 10.1 Å². The van der Waals surface area contributed by atoms with Crippen molar-refractivity contribution in [3.63, 3.8) is 0 Å². The number of nitrogens with zero attached hydrogens (tertiary/aromatic N) is 2. The Hall–Kier alpha value is -1.87. The highest BCUT2D eigenvalue weighted by molar-refractivity contribution is 7.89. The first-order chi connectivity index (χ1) is 11.7. The fourth-order valence-corrected chi connectivity index (χ4v) is 3.09. The molecular formula is C15H15Cl2N3O4S. The maximum atomic E-state index is 12.4. The summed E-state index contributed by atoms with van der Waals surface area (Å²) in [6.07, 6.45) is 1.26. The van der Waals surface area contributed by atoms with Crippen LogP contribution in [0.15, 0.2) is 35.4 Å². The molecule has 0 saturated carbocycles. The van der Waals surface area contributed by atoms with Gasteiger partial charge in [-0.15, -0.1) is 0 Å². The molecule has 1 aromatic heterocycles. The summed E-state index contributed by atoms with van der Waals surface area (Å²) in [5.41, 5.74) is 0.360. The minimum absolute atomic E-state index is 0.0147. The van der Waals surface area contributed by atoms with E-state index in [4.69, 9.17) is 27.9 Å². The van der Waals surface area contributed by atoms with Crippen LogP contribution in [0.2, 0.25) is 10.2 Å². The van der Waals surface area contributed by atoms with Crippen LogP contribution in [0.25, 0.3) is 0 Å². The molecule has 0 aliphatic carbocycles. The van der Waals surface area contributed by atoms with Gasteiger partial charge in [-0.3, -0.25) is 4.79 Å². The van der Waals surface area contributed by atoms with Crippen LogP contribution in [-0.2, 0) is 10.0 Å². The number of pyridine rings is 1.